The molecule has 4 aromatic carbocycles. The van der Waals surface area contributed by atoms with Gasteiger partial charge in [0.25, 0.3) is 0 Å². The average Bonchev–Trinajstić information content (AvgIpc) is 3.17. The van der Waals surface area contributed by atoms with Gasteiger partial charge in [-0.3, -0.25) is 0 Å². The molecule has 0 bridgehead atoms. The van der Waals surface area contributed by atoms with Crippen LogP contribution in [-0.2, 0) is 0 Å². The number of rotatable bonds is 0. The van der Waals surface area contributed by atoms with Gasteiger partial charge in [-0.15, -0.1) is 0 Å². The van der Waals surface area contributed by atoms with Gasteiger partial charge in [-0.2, -0.15) is 10.5 Å². The number of fused-ring (bicyclic) bond motifs is 10. The molecule has 0 atom stereocenters. The normalized spacial score (nSPS) is 11.4. The van der Waals surface area contributed by atoms with Crippen molar-refractivity contribution in [2.45, 2.75) is 0 Å². The molecule has 6 aromatic rings. The van der Waals surface area contributed by atoms with Crippen molar-refractivity contribution in [3.63, 3.8) is 0 Å². The minimum Gasteiger partial charge on any atom is -0.309 e. The fourth-order valence-electron chi connectivity index (χ4n) is 4.54. The van der Waals surface area contributed by atoms with E-state index in [9.17, 15) is 10.5 Å². The zero-order valence-electron chi connectivity index (χ0n) is 15.3. The van der Waals surface area contributed by atoms with Crippen molar-refractivity contribution in [3.8, 4) is 12.1 Å². The van der Waals surface area contributed by atoms with Crippen molar-refractivity contribution in [1.29, 1.82) is 10.5 Å². The molecule has 0 saturated carbocycles. The van der Waals surface area contributed by atoms with Crippen LogP contribution in [0.4, 0.5) is 0 Å². The molecule has 0 spiro atoms. The van der Waals surface area contributed by atoms with Crippen LogP contribution in [-0.4, -0.2) is 4.40 Å². The third kappa shape index (κ3) is 1.99. The highest BCUT2D eigenvalue weighted by Gasteiger charge is 2.16. The van der Waals surface area contributed by atoms with Gasteiger partial charge in [0.05, 0.1) is 27.7 Å². The summed E-state index contributed by atoms with van der Waals surface area (Å²) in [5.41, 5.74) is 3.96. The molecule has 0 amide bonds. The lowest BCUT2D eigenvalue weighted by Crippen LogP contribution is -1.94. The molecule has 0 aliphatic heterocycles. The van der Waals surface area contributed by atoms with Gasteiger partial charge in [0, 0.05) is 16.2 Å². The Balaban J connectivity index is 2.04. The maximum atomic E-state index is 9.59. The molecular weight excluding hydrogens is 354 g/mol. The van der Waals surface area contributed by atoms with Crippen LogP contribution < -0.4 is 0 Å². The third-order valence-corrected chi connectivity index (χ3v) is 5.80. The zero-order valence-corrected chi connectivity index (χ0v) is 15.3. The number of hydrogen-bond acceptors (Lipinski definition) is 2. The van der Waals surface area contributed by atoms with E-state index in [1.165, 1.54) is 16.2 Å². The highest BCUT2D eigenvalue weighted by molar-refractivity contribution is 6.24. The first-order chi connectivity index (χ1) is 14.3. The lowest BCUT2D eigenvalue weighted by atomic mass is 9.96. The molecular formula is C26H13N3. The Labute approximate surface area is 166 Å². The lowest BCUT2D eigenvalue weighted by molar-refractivity contribution is 1.34. The first-order valence-corrected chi connectivity index (χ1v) is 9.42. The van der Waals surface area contributed by atoms with E-state index < -0.39 is 0 Å². The predicted octanol–water partition coefficient (Wildman–Crippen LogP) is 6.30. The van der Waals surface area contributed by atoms with Crippen molar-refractivity contribution < 1.29 is 0 Å². The van der Waals surface area contributed by atoms with Crippen molar-refractivity contribution in [2.75, 3.05) is 0 Å². The van der Waals surface area contributed by atoms with Gasteiger partial charge in [-0.25, -0.2) is 0 Å². The predicted molar refractivity (Wildman–Crippen MR) is 117 cm³/mol. The fourth-order valence-corrected chi connectivity index (χ4v) is 4.54. The Kier molecular flexibility index (Phi) is 3.02. The highest BCUT2D eigenvalue weighted by atomic mass is 14.9. The summed E-state index contributed by atoms with van der Waals surface area (Å²) >= 11 is 0. The molecule has 0 unspecified atom stereocenters. The Morgan fingerprint density at radius 2 is 1.28 bits per heavy atom. The molecule has 0 radical (unpaired) electrons. The molecule has 0 aliphatic rings. The summed E-state index contributed by atoms with van der Waals surface area (Å²) < 4.78 is 2.22. The van der Waals surface area contributed by atoms with Crippen molar-refractivity contribution in [1.82, 2.24) is 4.40 Å². The van der Waals surface area contributed by atoms with Crippen LogP contribution in [0.2, 0.25) is 0 Å². The summed E-state index contributed by atoms with van der Waals surface area (Å²) in [7, 11) is 0. The largest absolute Gasteiger partial charge is 0.309 e. The third-order valence-electron chi connectivity index (χ3n) is 5.80. The Morgan fingerprint density at radius 1 is 0.552 bits per heavy atom. The number of hydrogen-bond donors (Lipinski definition) is 0. The van der Waals surface area contributed by atoms with Crippen LogP contribution in [0.1, 0.15) is 11.1 Å². The Morgan fingerprint density at radius 3 is 2.10 bits per heavy atom. The van der Waals surface area contributed by atoms with Gasteiger partial charge in [0.2, 0.25) is 0 Å². The number of nitriles is 2. The summed E-state index contributed by atoms with van der Waals surface area (Å²) in [6.07, 6.45) is 0. The SMILES string of the molecule is N#Cc1cc2c3ccc4ccccc4c3c3cc4ccccc4n3c2cc1C#N. The van der Waals surface area contributed by atoms with Crippen molar-refractivity contribution >= 4 is 48.9 Å². The van der Waals surface area contributed by atoms with E-state index in [1.807, 2.05) is 30.3 Å². The monoisotopic (exact) mass is 367 g/mol. The van der Waals surface area contributed by atoms with E-state index >= 15 is 0 Å². The highest BCUT2D eigenvalue weighted by Crippen LogP contribution is 2.38. The number of aromatic nitrogens is 1. The second kappa shape index (κ2) is 5.58. The quantitative estimate of drug-likeness (QED) is 0.296. The second-order valence-corrected chi connectivity index (χ2v) is 7.27. The minimum atomic E-state index is 0.402. The van der Waals surface area contributed by atoms with Crippen molar-refractivity contribution in [2.24, 2.45) is 0 Å². The van der Waals surface area contributed by atoms with E-state index in [4.69, 9.17) is 0 Å². The Bertz CT molecular complexity index is 1720. The zero-order chi connectivity index (χ0) is 19.5. The summed E-state index contributed by atoms with van der Waals surface area (Å²) in [5, 5.41) is 25.9. The summed E-state index contributed by atoms with van der Waals surface area (Å²) in [5.74, 6) is 0. The topological polar surface area (TPSA) is 52.0 Å². The average molecular weight is 367 g/mol. The maximum Gasteiger partial charge on any atom is 0.101 e. The molecule has 29 heavy (non-hydrogen) atoms. The van der Waals surface area contributed by atoms with Gasteiger partial charge in [-0.1, -0.05) is 54.6 Å². The molecule has 0 aliphatic carbocycles. The van der Waals surface area contributed by atoms with Crippen LogP contribution in [0.3, 0.4) is 0 Å². The second-order valence-electron chi connectivity index (χ2n) is 7.27. The number of nitrogens with zero attached hydrogens (tertiary/aromatic N) is 3. The molecule has 3 heteroatoms. The van der Waals surface area contributed by atoms with E-state index in [-0.39, 0.29) is 0 Å². The summed E-state index contributed by atoms with van der Waals surface area (Å²) in [6, 6.07) is 31.2. The Hall–Kier alpha value is -4.34. The van der Waals surface area contributed by atoms with E-state index in [2.05, 4.69) is 65.1 Å². The molecule has 0 saturated heterocycles. The smallest absolute Gasteiger partial charge is 0.101 e. The number of benzene rings is 4. The maximum absolute atomic E-state index is 9.59. The fraction of sp³-hybridized carbons (Fsp3) is 0. The van der Waals surface area contributed by atoms with Crippen LogP contribution in [0.15, 0.2) is 78.9 Å². The molecule has 0 fully saturated rings. The minimum absolute atomic E-state index is 0.402. The van der Waals surface area contributed by atoms with Gasteiger partial charge in [0.1, 0.15) is 12.1 Å². The van der Waals surface area contributed by atoms with E-state index in [0.717, 1.165) is 32.7 Å². The van der Waals surface area contributed by atoms with Crippen molar-refractivity contribution in [3.05, 3.63) is 90.0 Å². The molecule has 6 rings (SSSR count). The first kappa shape index (κ1) is 15.7. The summed E-state index contributed by atoms with van der Waals surface area (Å²) in [4.78, 5) is 0. The number of pyridine rings is 1. The van der Waals surface area contributed by atoms with E-state index in [1.54, 1.807) is 0 Å². The van der Waals surface area contributed by atoms with Gasteiger partial charge in [0.15, 0.2) is 0 Å². The standard InChI is InChI=1S/C26H13N3/c27-14-18-11-22-21-10-9-16-5-1-3-7-20(16)26(21)25-12-17-6-2-4-8-23(17)29(25)24(22)13-19(18)15-28/h1-13H. The molecule has 2 aromatic heterocycles. The number of para-hydroxylation sites is 1. The van der Waals surface area contributed by atoms with Crippen LogP contribution in [0.25, 0.3) is 48.9 Å². The van der Waals surface area contributed by atoms with Gasteiger partial charge < -0.3 is 4.40 Å². The van der Waals surface area contributed by atoms with E-state index in [0.29, 0.717) is 11.1 Å². The van der Waals surface area contributed by atoms with Crippen LogP contribution in [0, 0.1) is 22.7 Å². The lowest BCUT2D eigenvalue weighted by Gasteiger charge is -2.13. The molecule has 132 valence electrons. The molecule has 2 heterocycles. The van der Waals surface area contributed by atoms with Gasteiger partial charge >= 0.3 is 0 Å². The van der Waals surface area contributed by atoms with Gasteiger partial charge in [-0.05, 0) is 40.4 Å². The summed E-state index contributed by atoms with van der Waals surface area (Å²) in [6.45, 7) is 0. The molecule has 0 N–H and O–H groups in total. The van der Waals surface area contributed by atoms with Crippen LogP contribution >= 0.6 is 0 Å². The van der Waals surface area contributed by atoms with Crippen LogP contribution in [0.5, 0.6) is 0 Å². The molecule has 3 nitrogen and oxygen atoms in total. The first-order valence-electron chi connectivity index (χ1n) is 9.42.